The first-order chi connectivity index (χ1) is 15.3. The molecule has 2 aliphatic rings. The first-order valence-electron chi connectivity index (χ1n) is 10.5. The Morgan fingerprint density at radius 3 is 2.52 bits per heavy atom. The van der Waals surface area contributed by atoms with Crippen LogP contribution >= 0.6 is 0 Å². The molecule has 184 valence electrons. The molecule has 0 aromatic carbocycles. The second-order valence-electron chi connectivity index (χ2n) is 9.38. The van der Waals surface area contributed by atoms with E-state index in [9.17, 15) is 14.4 Å². The number of nitrogens with zero attached hydrogens (tertiary/aromatic N) is 3. The van der Waals surface area contributed by atoms with E-state index in [0.29, 0.717) is 0 Å². The maximum atomic E-state index is 13.3. The highest BCUT2D eigenvalue weighted by Gasteiger charge is 2.58. The molecule has 2 saturated heterocycles. The average Bonchev–Trinajstić information content (AvgIpc) is 3.00. The van der Waals surface area contributed by atoms with Crippen molar-refractivity contribution in [3.63, 3.8) is 0 Å². The lowest BCUT2D eigenvalue weighted by molar-refractivity contribution is -0.213. The fourth-order valence-corrected chi connectivity index (χ4v) is 3.94. The molecule has 12 heteroatoms. The van der Waals surface area contributed by atoms with Crippen molar-refractivity contribution < 1.29 is 38.1 Å². The Morgan fingerprint density at radius 2 is 1.97 bits per heavy atom. The van der Waals surface area contributed by atoms with Crippen LogP contribution in [0.15, 0.2) is 17.8 Å². The number of rotatable bonds is 7. The molecule has 12 nitrogen and oxygen atoms in total. The van der Waals surface area contributed by atoms with Gasteiger partial charge >= 0.3 is 12.1 Å². The van der Waals surface area contributed by atoms with E-state index in [-0.39, 0.29) is 19.4 Å². The van der Waals surface area contributed by atoms with Crippen molar-refractivity contribution in [3.05, 3.63) is 23.1 Å². The molecule has 0 spiro atoms. The number of nitrogens with one attached hydrogen (secondary N) is 1. The lowest BCUT2D eigenvalue weighted by atomic mass is 9.83. The van der Waals surface area contributed by atoms with Gasteiger partial charge in [0, 0.05) is 17.8 Å². The predicted molar refractivity (Wildman–Crippen MR) is 115 cm³/mol. The van der Waals surface area contributed by atoms with Crippen molar-refractivity contribution in [2.75, 3.05) is 13.7 Å². The fraction of sp³-hybridized carbons (Fsp3) is 0.762. The summed E-state index contributed by atoms with van der Waals surface area (Å²) in [6.07, 6.45) is -2.74. The van der Waals surface area contributed by atoms with Crippen LogP contribution in [0.3, 0.4) is 0 Å². The van der Waals surface area contributed by atoms with Crippen molar-refractivity contribution in [1.82, 2.24) is 5.32 Å². The van der Waals surface area contributed by atoms with Crippen molar-refractivity contribution in [2.45, 2.75) is 88.8 Å². The summed E-state index contributed by atoms with van der Waals surface area (Å²) in [5.41, 5.74) is 6.29. The highest BCUT2D eigenvalue weighted by atomic mass is 16.8. The highest BCUT2D eigenvalue weighted by molar-refractivity contribution is 5.95. The van der Waals surface area contributed by atoms with E-state index in [1.807, 2.05) is 0 Å². The third kappa shape index (κ3) is 6.44. The van der Waals surface area contributed by atoms with Gasteiger partial charge in [-0.05, 0) is 40.1 Å². The Balaban J connectivity index is 2.48. The minimum absolute atomic E-state index is 0.0148. The molecule has 0 bridgehead atoms. The van der Waals surface area contributed by atoms with Crippen LogP contribution < -0.4 is 5.32 Å². The summed E-state index contributed by atoms with van der Waals surface area (Å²) in [5, 5.41) is 6.10. The van der Waals surface area contributed by atoms with Crippen molar-refractivity contribution in [2.24, 2.45) is 5.11 Å². The number of methoxy groups -OCH3 is 1. The summed E-state index contributed by atoms with van der Waals surface area (Å²) >= 11 is 0. The van der Waals surface area contributed by atoms with E-state index < -0.39 is 59.2 Å². The summed E-state index contributed by atoms with van der Waals surface area (Å²) in [6.45, 7) is 11.9. The maximum Gasteiger partial charge on any atom is 0.408 e. The number of ketones is 1. The van der Waals surface area contributed by atoms with Crippen LogP contribution in [-0.4, -0.2) is 72.8 Å². The van der Waals surface area contributed by atoms with Gasteiger partial charge < -0.3 is 29.0 Å². The molecule has 1 amide bonds. The molecule has 0 aromatic heterocycles. The van der Waals surface area contributed by atoms with E-state index in [1.54, 1.807) is 34.6 Å². The molecular weight excluding hydrogens is 436 g/mol. The van der Waals surface area contributed by atoms with Crippen LogP contribution in [0.2, 0.25) is 0 Å². The van der Waals surface area contributed by atoms with E-state index in [2.05, 4.69) is 21.9 Å². The number of hydrogen-bond donors (Lipinski definition) is 1. The van der Waals surface area contributed by atoms with Crippen LogP contribution in [0.5, 0.6) is 0 Å². The van der Waals surface area contributed by atoms with Crippen LogP contribution in [0.25, 0.3) is 10.4 Å². The van der Waals surface area contributed by atoms with Gasteiger partial charge in [-0.15, -0.1) is 6.58 Å². The lowest BCUT2D eigenvalue weighted by Crippen LogP contribution is -2.66. The van der Waals surface area contributed by atoms with Gasteiger partial charge in [0.25, 0.3) is 0 Å². The zero-order chi connectivity index (χ0) is 25.0. The summed E-state index contributed by atoms with van der Waals surface area (Å²) in [6, 6.07) is -1.22. The average molecular weight is 469 g/mol. The Hall–Kier alpha value is -2.66. The summed E-state index contributed by atoms with van der Waals surface area (Å²) in [7, 11) is 1.18. The number of esters is 1. The van der Waals surface area contributed by atoms with Gasteiger partial charge in [-0.3, -0.25) is 4.79 Å². The number of carbonyl (C=O) groups excluding carboxylic acids is 3. The van der Waals surface area contributed by atoms with Gasteiger partial charge in [-0.2, -0.15) is 0 Å². The SMILES string of the molecule is C=CC[C@]1(C(=O)OC)CC(=O)C(NC(=O)OC(C)(C)C)[C@H]([C@H]2OC(C)(C)O[C@H]2CN=[N+]=[N-])O1. The van der Waals surface area contributed by atoms with Crippen molar-refractivity contribution >= 4 is 17.8 Å². The number of hydrogen-bond acceptors (Lipinski definition) is 9. The number of azide groups is 1. The standard InChI is InChI=1S/C21H32N4O8/c1-8-9-21(17(27)29-7)10-12(26)14(24-18(28)33-19(2,3)4)16(32-21)15-13(11-23-25-22)30-20(5,6)31-15/h8,13-16H,1,9-11H2,2-7H3,(H,24,28)/t13-,14?,15-,16+,21+/m0/s1. The molecular formula is C21H32N4O8. The molecule has 2 rings (SSSR count). The van der Waals surface area contributed by atoms with Gasteiger partial charge in [-0.1, -0.05) is 11.2 Å². The molecule has 5 atom stereocenters. The van der Waals surface area contributed by atoms with Gasteiger partial charge in [-0.25, -0.2) is 9.59 Å². The third-order valence-corrected chi connectivity index (χ3v) is 5.07. The molecule has 0 radical (unpaired) electrons. The molecule has 0 aliphatic carbocycles. The van der Waals surface area contributed by atoms with Crippen molar-refractivity contribution in [1.29, 1.82) is 0 Å². The Morgan fingerprint density at radius 1 is 1.30 bits per heavy atom. The molecule has 1 N–H and O–H groups in total. The molecule has 2 heterocycles. The molecule has 0 saturated carbocycles. The lowest BCUT2D eigenvalue weighted by Gasteiger charge is -2.44. The Kier molecular flexibility index (Phi) is 8.13. The summed E-state index contributed by atoms with van der Waals surface area (Å²) < 4.78 is 28.2. The monoisotopic (exact) mass is 468 g/mol. The summed E-state index contributed by atoms with van der Waals surface area (Å²) in [4.78, 5) is 41.2. The van der Waals surface area contributed by atoms with Gasteiger partial charge in [0.05, 0.1) is 19.8 Å². The van der Waals surface area contributed by atoms with Crippen LogP contribution in [-0.2, 0) is 33.3 Å². The van der Waals surface area contributed by atoms with Crippen LogP contribution in [0, 0.1) is 0 Å². The molecule has 2 aliphatic heterocycles. The fourth-order valence-electron chi connectivity index (χ4n) is 3.94. The zero-order valence-corrected chi connectivity index (χ0v) is 19.8. The molecule has 1 unspecified atom stereocenters. The topological polar surface area (TPSA) is 158 Å². The second-order valence-corrected chi connectivity index (χ2v) is 9.38. The van der Waals surface area contributed by atoms with E-state index >= 15 is 0 Å². The summed E-state index contributed by atoms with van der Waals surface area (Å²) in [5.74, 6) is -2.35. The number of Topliss-reactive ketones (excluding diaryl/α,β-unsaturated/α-hetero) is 1. The second kappa shape index (κ2) is 10.1. The number of alkyl carbamates (subject to hydrolysis) is 1. The van der Waals surface area contributed by atoms with Crippen molar-refractivity contribution in [3.8, 4) is 0 Å². The molecule has 0 aromatic rings. The van der Waals surface area contributed by atoms with E-state index in [0.717, 1.165) is 0 Å². The molecule has 33 heavy (non-hydrogen) atoms. The highest BCUT2D eigenvalue weighted by Crippen LogP contribution is 2.39. The normalized spacial score (nSPS) is 31.3. The van der Waals surface area contributed by atoms with E-state index in [4.69, 9.17) is 29.2 Å². The van der Waals surface area contributed by atoms with Gasteiger partial charge in [0.15, 0.2) is 17.2 Å². The quantitative estimate of drug-likeness (QED) is 0.196. The predicted octanol–water partition coefficient (Wildman–Crippen LogP) is 2.56. The minimum atomic E-state index is -1.66. The first kappa shape index (κ1) is 26.6. The number of amides is 1. The molecule has 2 fully saturated rings. The first-order valence-corrected chi connectivity index (χ1v) is 10.5. The van der Waals surface area contributed by atoms with Crippen LogP contribution in [0.1, 0.15) is 47.5 Å². The van der Waals surface area contributed by atoms with Gasteiger partial charge in [0.1, 0.15) is 23.9 Å². The third-order valence-electron chi connectivity index (χ3n) is 5.07. The Labute approximate surface area is 192 Å². The minimum Gasteiger partial charge on any atom is -0.467 e. The largest absolute Gasteiger partial charge is 0.467 e. The number of carbonyl (C=O) groups is 3. The Bertz CT molecular complexity index is 833. The zero-order valence-electron chi connectivity index (χ0n) is 19.8. The number of ether oxygens (including phenoxy) is 5. The van der Waals surface area contributed by atoms with E-state index in [1.165, 1.54) is 13.2 Å². The van der Waals surface area contributed by atoms with Crippen LogP contribution in [0.4, 0.5) is 4.79 Å². The van der Waals surface area contributed by atoms with Gasteiger partial charge in [0.2, 0.25) is 0 Å². The smallest absolute Gasteiger partial charge is 0.408 e. The maximum absolute atomic E-state index is 13.3.